The number of hydrogen-bond acceptors (Lipinski definition) is 5. The van der Waals surface area contributed by atoms with Crippen molar-refractivity contribution in [2.75, 3.05) is 24.6 Å². The van der Waals surface area contributed by atoms with Crippen molar-refractivity contribution in [1.82, 2.24) is 19.8 Å². The molecule has 2 rings (SSSR count). The van der Waals surface area contributed by atoms with Crippen molar-refractivity contribution in [3.63, 3.8) is 0 Å². The van der Waals surface area contributed by atoms with Gasteiger partial charge in [-0.1, -0.05) is 13.8 Å². The topological polar surface area (TPSA) is 78.1 Å². The molecule has 8 heteroatoms. The van der Waals surface area contributed by atoms with Crippen molar-refractivity contribution < 1.29 is 8.42 Å². The van der Waals surface area contributed by atoms with Gasteiger partial charge in [-0.15, -0.1) is 0 Å². The van der Waals surface area contributed by atoms with E-state index in [-0.39, 0.29) is 5.03 Å². The molecule has 1 saturated heterocycles. The summed E-state index contributed by atoms with van der Waals surface area (Å²) in [5, 5.41) is 10.3. The molecule has 1 fully saturated rings. The lowest BCUT2D eigenvalue weighted by molar-refractivity contribution is 0.431. The van der Waals surface area contributed by atoms with Gasteiger partial charge < -0.3 is 5.32 Å². The van der Waals surface area contributed by atoms with Crippen LogP contribution >= 0.6 is 11.8 Å². The fraction of sp³-hybridized carbons (Fsp3) is 0.769. The molecule has 0 unspecified atom stereocenters. The number of sulfonamides is 1. The second-order valence-electron chi connectivity index (χ2n) is 5.54. The monoisotopic (exact) mass is 332 g/mol. The number of hydrogen-bond donors (Lipinski definition) is 2. The van der Waals surface area contributed by atoms with Crippen LogP contribution in [0.25, 0.3) is 0 Å². The van der Waals surface area contributed by atoms with E-state index < -0.39 is 10.0 Å². The molecule has 2 heterocycles. The summed E-state index contributed by atoms with van der Waals surface area (Å²) in [7, 11) is -3.51. The molecule has 0 amide bonds. The summed E-state index contributed by atoms with van der Waals surface area (Å²) in [6.45, 7) is 7.60. The van der Waals surface area contributed by atoms with E-state index in [1.54, 1.807) is 4.31 Å². The molecule has 1 aliphatic rings. The maximum atomic E-state index is 12.8. The van der Waals surface area contributed by atoms with Crippen LogP contribution in [0.5, 0.6) is 0 Å². The Labute approximate surface area is 131 Å². The molecule has 120 valence electrons. The number of rotatable bonds is 5. The summed E-state index contributed by atoms with van der Waals surface area (Å²) in [5.74, 6) is 1.87. The minimum absolute atomic E-state index is 0.181. The molecule has 0 aliphatic carbocycles. The average Bonchev–Trinajstić information content (AvgIpc) is 2.65. The van der Waals surface area contributed by atoms with E-state index in [2.05, 4.69) is 15.5 Å². The highest BCUT2D eigenvalue weighted by atomic mass is 32.2. The van der Waals surface area contributed by atoms with Gasteiger partial charge >= 0.3 is 0 Å². The summed E-state index contributed by atoms with van der Waals surface area (Å²) in [5.41, 5.74) is 1.56. The molecule has 2 N–H and O–H groups in total. The third-order valence-electron chi connectivity index (χ3n) is 3.49. The summed E-state index contributed by atoms with van der Waals surface area (Å²) >= 11 is 1.81. The Morgan fingerprint density at radius 2 is 2.14 bits per heavy atom. The Hall–Kier alpha value is -0.570. The van der Waals surface area contributed by atoms with Crippen LogP contribution in [-0.4, -0.2) is 53.6 Å². The molecule has 1 aromatic rings. The predicted octanol–water partition coefficient (Wildman–Crippen LogP) is 1.34. The maximum Gasteiger partial charge on any atom is 0.262 e. The SMILES string of the molecule is Cc1[nH]nc(S(=O)(=O)N2CCCSCC2)c1CNC(C)C. The molecular formula is C13H24N4O2S2. The maximum absolute atomic E-state index is 12.8. The van der Waals surface area contributed by atoms with Crippen LogP contribution in [0.3, 0.4) is 0 Å². The number of aryl methyl sites for hydroxylation is 1. The van der Waals surface area contributed by atoms with Gasteiger partial charge in [-0.05, 0) is 19.1 Å². The number of nitrogens with zero attached hydrogens (tertiary/aromatic N) is 2. The first-order valence-electron chi connectivity index (χ1n) is 7.28. The molecule has 1 aliphatic heterocycles. The number of aromatic amines is 1. The predicted molar refractivity (Wildman–Crippen MR) is 86.0 cm³/mol. The molecule has 0 radical (unpaired) electrons. The van der Waals surface area contributed by atoms with Gasteiger partial charge in [-0.3, -0.25) is 5.10 Å². The highest BCUT2D eigenvalue weighted by Crippen LogP contribution is 2.23. The zero-order valence-electron chi connectivity index (χ0n) is 12.8. The van der Waals surface area contributed by atoms with Crippen LogP contribution < -0.4 is 5.32 Å². The molecule has 0 aromatic carbocycles. The lowest BCUT2D eigenvalue weighted by atomic mass is 10.2. The highest BCUT2D eigenvalue weighted by molar-refractivity contribution is 7.99. The summed E-state index contributed by atoms with van der Waals surface area (Å²) < 4.78 is 27.2. The van der Waals surface area contributed by atoms with Crippen molar-refractivity contribution in [2.24, 2.45) is 0 Å². The Balaban J connectivity index is 2.26. The van der Waals surface area contributed by atoms with Crippen LogP contribution in [-0.2, 0) is 16.6 Å². The fourth-order valence-corrected chi connectivity index (χ4v) is 4.89. The van der Waals surface area contributed by atoms with Crippen LogP contribution in [0.2, 0.25) is 0 Å². The average molecular weight is 332 g/mol. The van der Waals surface area contributed by atoms with Crippen molar-refractivity contribution in [3.8, 4) is 0 Å². The van der Waals surface area contributed by atoms with Crippen molar-refractivity contribution >= 4 is 21.8 Å². The van der Waals surface area contributed by atoms with E-state index >= 15 is 0 Å². The minimum atomic E-state index is -3.51. The molecule has 0 atom stereocenters. The Bertz CT molecular complexity index is 561. The lowest BCUT2D eigenvalue weighted by Gasteiger charge is -2.19. The van der Waals surface area contributed by atoms with Crippen molar-refractivity contribution in [1.29, 1.82) is 0 Å². The van der Waals surface area contributed by atoms with Gasteiger partial charge in [0.1, 0.15) is 0 Å². The number of aromatic nitrogens is 2. The van der Waals surface area contributed by atoms with E-state index in [4.69, 9.17) is 0 Å². The van der Waals surface area contributed by atoms with E-state index in [1.165, 1.54) is 0 Å². The smallest absolute Gasteiger partial charge is 0.262 e. The molecule has 0 spiro atoms. The van der Waals surface area contributed by atoms with E-state index in [1.807, 2.05) is 32.5 Å². The van der Waals surface area contributed by atoms with Gasteiger partial charge in [0, 0.05) is 42.7 Å². The van der Waals surface area contributed by atoms with E-state index in [0.717, 1.165) is 29.2 Å². The third kappa shape index (κ3) is 4.00. The second kappa shape index (κ2) is 7.13. The number of thioether (sulfide) groups is 1. The van der Waals surface area contributed by atoms with Crippen LogP contribution in [0.1, 0.15) is 31.5 Å². The second-order valence-corrected chi connectivity index (χ2v) is 8.62. The summed E-state index contributed by atoms with van der Waals surface area (Å²) in [4.78, 5) is 0. The highest BCUT2D eigenvalue weighted by Gasteiger charge is 2.30. The first kappa shape index (κ1) is 16.8. The quantitative estimate of drug-likeness (QED) is 0.851. The minimum Gasteiger partial charge on any atom is -0.310 e. The van der Waals surface area contributed by atoms with Gasteiger partial charge in [0.05, 0.1) is 0 Å². The fourth-order valence-electron chi connectivity index (χ4n) is 2.24. The summed E-state index contributed by atoms with van der Waals surface area (Å²) in [6, 6.07) is 0.296. The van der Waals surface area contributed by atoms with Gasteiger partial charge in [-0.25, -0.2) is 8.42 Å². The molecule has 1 aromatic heterocycles. The Morgan fingerprint density at radius 1 is 1.38 bits per heavy atom. The molecular weight excluding hydrogens is 308 g/mol. The zero-order valence-corrected chi connectivity index (χ0v) is 14.5. The summed E-state index contributed by atoms with van der Waals surface area (Å²) in [6.07, 6.45) is 0.896. The van der Waals surface area contributed by atoms with Gasteiger partial charge in [0.15, 0.2) is 5.03 Å². The van der Waals surface area contributed by atoms with Gasteiger partial charge in [0.2, 0.25) is 0 Å². The van der Waals surface area contributed by atoms with Crippen LogP contribution in [0.15, 0.2) is 5.03 Å². The number of nitrogens with one attached hydrogen (secondary N) is 2. The largest absolute Gasteiger partial charge is 0.310 e. The molecule has 0 bridgehead atoms. The standard InChI is InChI=1S/C13H24N4O2S2/c1-10(2)14-9-12-11(3)15-16-13(12)21(18,19)17-5-4-7-20-8-6-17/h10,14H,4-9H2,1-3H3,(H,15,16). The molecule has 0 saturated carbocycles. The van der Waals surface area contributed by atoms with Gasteiger partial charge in [0.25, 0.3) is 10.0 Å². The number of H-pyrrole nitrogens is 1. The van der Waals surface area contributed by atoms with E-state index in [0.29, 0.717) is 25.7 Å². The Morgan fingerprint density at radius 3 is 2.86 bits per heavy atom. The zero-order chi connectivity index (χ0) is 15.5. The van der Waals surface area contributed by atoms with Crippen molar-refractivity contribution in [2.45, 2.75) is 44.8 Å². The first-order valence-corrected chi connectivity index (χ1v) is 9.87. The molecule has 21 heavy (non-hydrogen) atoms. The third-order valence-corrected chi connectivity index (χ3v) is 6.41. The first-order chi connectivity index (χ1) is 9.93. The van der Waals surface area contributed by atoms with E-state index in [9.17, 15) is 8.42 Å². The normalized spacial score (nSPS) is 18.1. The van der Waals surface area contributed by atoms with Crippen molar-refractivity contribution in [3.05, 3.63) is 11.3 Å². The van der Waals surface area contributed by atoms with Crippen LogP contribution in [0, 0.1) is 6.92 Å². The van der Waals surface area contributed by atoms with Crippen LogP contribution in [0.4, 0.5) is 0 Å². The lowest BCUT2D eigenvalue weighted by Crippen LogP contribution is -2.34. The van der Waals surface area contributed by atoms with Gasteiger partial charge in [-0.2, -0.15) is 21.2 Å². The molecule has 6 nitrogen and oxygen atoms in total. The Kier molecular flexibility index (Phi) is 5.70.